The van der Waals surface area contributed by atoms with Crippen LogP contribution < -0.4 is 10.1 Å². The molecule has 0 bridgehead atoms. The van der Waals surface area contributed by atoms with Crippen LogP contribution in [-0.2, 0) is 0 Å². The summed E-state index contributed by atoms with van der Waals surface area (Å²) in [4.78, 5) is 7.18. The predicted molar refractivity (Wildman–Crippen MR) is 105 cm³/mol. The van der Waals surface area contributed by atoms with Crippen molar-refractivity contribution in [2.45, 2.75) is 25.8 Å². The maximum Gasteiger partial charge on any atom is 0.152 e. The number of anilines is 1. The normalized spacial score (nSPS) is 16.1. The van der Waals surface area contributed by atoms with Crippen LogP contribution in [-0.4, -0.2) is 43.2 Å². The summed E-state index contributed by atoms with van der Waals surface area (Å²) < 4.78 is 11.2. The molecule has 3 heterocycles. The van der Waals surface area contributed by atoms with Gasteiger partial charge in [-0.15, -0.1) is 0 Å². The number of pyridine rings is 1. The predicted octanol–water partition coefficient (Wildman–Crippen LogP) is 4.32. The minimum Gasteiger partial charge on any atom is -0.497 e. The van der Waals surface area contributed by atoms with E-state index in [9.17, 15) is 0 Å². The molecule has 2 aromatic heterocycles. The molecule has 1 aliphatic rings. The summed E-state index contributed by atoms with van der Waals surface area (Å²) in [5.74, 6) is 2.53. The van der Waals surface area contributed by atoms with Gasteiger partial charge in [0.05, 0.1) is 12.6 Å². The quantitative estimate of drug-likeness (QED) is 0.759. The number of rotatable bonds is 4. The topological polar surface area (TPSA) is 50.5 Å². The van der Waals surface area contributed by atoms with E-state index in [1.54, 1.807) is 7.11 Å². The van der Waals surface area contributed by atoms with Crippen molar-refractivity contribution in [3.63, 3.8) is 0 Å². The molecule has 1 N–H and O–H groups in total. The summed E-state index contributed by atoms with van der Waals surface area (Å²) in [6.45, 7) is 4.19. The molecule has 0 radical (unpaired) electrons. The molecule has 136 valence electrons. The van der Waals surface area contributed by atoms with Gasteiger partial charge in [-0.05, 0) is 76.3 Å². The van der Waals surface area contributed by atoms with Crippen LogP contribution in [0.2, 0.25) is 0 Å². The zero-order chi connectivity index (χ0) is 18.1. The van der Waals surface area contributed by atoms with Crippen LogP contribution >= 0.6 is 0 Å². The number of hydrogen-bond acceptors (Lipinski definition) is 5. The second-order valence-corrected chi connectivity index (χ2v) is 7.07. The van der Waals surface area contributed by atoms with Crippen LogP contribution in [0.1, 0.15) is 18.6 Å². The summed E-state index contributed by atoms with van der Waals surface area (Å²) >= 11 is 0. The highest BCUT2D eigenvalue weighted by atomic mass is 16.5. The van der Waals surface area contributed by atoms with Gasteiger partial charge >= 0.3 is 0 Å². The molecule has 4 rings (SSSR count). The van der Waals surface area contributed by atoms with Crippen LogP contribution in [0.25, 0.3) is 22.4 Å². The minimum atomic E-state index is 0.467. The Morgan fingerprint density at radius 1 is 1.15 bits per heavy atom. The molecule has 0 aliphatic carbocycles. The molecule has 1 aromatic carbocycles. The van der Waals surface area contributed by atoms with Crippen LogP contribution in [0.15, 0.2) is 40.8 Å². The van der Waals surface area contributed by atoms with Gasteiger partial charge in [-0.25, -0.2) is 4.98 Å². The number of ether oxygens (including phenoxy) is 1. The van der Waals surface area contributed by atoms with Crippen molar-refractivity contribution in [1.29, 1.82) is 0 Å². The molecule has 1 saturated heterocycles. The summed E-state index contributed by atoms with van der Waals surface area (Å²) in [5.41, 5.74) is 2.88. The molecule has 26 heavy (non-hydrogen) atoms. The second kappa shape index (κ2) is 7.00. The Kier molecular flexibility index (Phi) is 4.55. The smallest absolute Gasteiger partial charge is 0.152 e. The minimum absolute atomic E-state index is 0.467. The second-order valence-electron chi connectivity index (χ2n) is 7.07. The largest absolute Gasteiger partial charge is 0.497 e. The van der Waals surface area contributed by atoms with Crippen molar-refractivity contribution in [2.75, 3.05) is 32.6 Å². The van der Waals surface area contributed by atoms with E-state index in [1.165, 1.54) is 0 Å². The van der Waals surface area contributed by atoms with E-state index in [1.807, 2.05) is 31.2 Å². The van der Waals surface area contributed by atoms with E-state index in [4.69, 9.17) is 14.1 Å². The van der Waals surface area contributed by atoms with E-state index in [0.717, 1.165) is 65.5 Å². The number of methoxy groups -OCH3 is 1. The number of hydrogen-bond donors (Lipinski definition) is 1. The van der Waals surface area contributed by atoms with Gasteiger partial charge in [-0.2, -0.15) is 0 Å². The molecule has 1 aliphatic heterocycles. The Balaban J connectivity index is 1.76. The molecular formula is C21H25N3O2. The highest BCUT2D eigenvalue weighted by Gasteiger charge is 2.18. The fraction of sp³-hybridized carbons (Fsp3) is 0.381. The van der Waals surface area contributed by atoms with Crippen molar-refractivity contribution in [3.05, 3.63) is 42.2 Å². The van der Waals surface area contributed by atoms with Crippen LogP contribution in [0.5, 0.6) is 5.75 Å². The van der Waals surface area contributed by atoms with Gasteiger partial charge in [-0.3, -0.25) is 0 Å². The zero-order valence-corrected chi connectivity index (χ0v) is 15.6. The lowest BCUT2D eigenvalue weighted by atomic mass is 10.0. The molecule has 0 atom stereocenters. The van der Waals surface area contributed by atoms with Crippen LogP contribution in [0.4, 0.5) is 5.69 Å². The Morgan fingerprint density at radius 3 is 2.65 bits per heavy atom. The van der Waals surface area contributed by atoms with Gasteiger partial charge in [0.1, 0.15) is 17.2 Å². The first-order chi connectivity index (χ1) is 12.6. The third-order valence-electron chi connectivity index (χ3n) is 5.09. The molecule has 0 unspecified atom stereocenters. The summed E-state index contributed by atoms with van der Waals surface area (Å²) in [6, 6.07) is 12.5. The maximum absolute atomic E-state index is 5.80. The number of likely N-dealkylation sites (tertiary alicyclic amines) is 1. The molecule has 1 fully saturated rings. The lowest BCUT2D eigenvalue weighted by Crippen LogP contribution is -2.36. The number of aryl methyl sites for hydroxylation is 1. The Bertz CT molecular complexity index is 911. The standard InChI is InChI=1S/C21H25N3O2/c1-14-4-7-21(26-14)20-13-19(22-15-8-10-24(2)11-9-15)17-12-16(25-3)5-6-18(17)23-20/h4-7,12-13,15H,8-11H2,1-3H3,(H,22,23). The van der Waals surface area contributed by atoms with Crippen molar-refractivity contribution >= 4 is 16.6 Å². The number of nitrogens with zero attached hydrogens (tertiary/aromatic N) is 2. The molecule has 5 heteroatoms. The van der Waals surface area contributed by atoms with Crippen molar-refractivity contribution < 1.29 is 9.15 Å². The third-order valence-corrected chi connectivity index (χ3v) is 5.09. The number of furan rings is 1. The van der Waals surface area contributed by atoms with Gasteiger partial charge in [0, 0.05) is 17.1 Å². The van der Waals surface area contributed by atoms with Crippen LogP contribution in [0.3, 0.4) is 0 Å². The molecule has 5 nitrogen and oxygen atoms in total. The summed E-state index contributed by atoms with van der Waals surface area (Å²) in [5, 5.41) is 4.83. The Morgan fingerprint density at radius 2 is 1.96 bits per heavy atom. The Hall–Kier alpha value is -2.53. The molecule has 0 amide bonds. The molecule has 0 saturated carbocycles. The fourth-order valence-corrected chi connectivity index (χ4v) is 3.52. The molecule has 3 aromatic rings. The first kappa shape index (κ1) is 16.9. The first-order valence-electron chi connectivity index (χ1n) is 9.13. The van der Waals surface area contributed by atoms with E-state index in [2.05, 4.69) is 29.4 Å². The molecular weight excluding hydrogens is 326 g/mol. The first-order valence-corrected chi connectivity index (χ1v) is 9.13. The van der Waals surface area contributed by atoms with E-state index in [0.29, 0.717) is 6.04 Å². The highest BCUT2D eigenvalue weighted by Crippen LogP contribution is 2.32. The number of piperidine rings is 1. The highest BCUT2D eigenvalue weighted by molar-refractivity contribution is 5.94. The van der Waals surface area contributed by atoms with Crippen LogP contribution in [0, 0.1) is 6.92 Å². The maximum atomic E-state index is 5.80. The third kappa shape index (κ3) is 3.40. The van der Waals surface area contributed by atoms with Gasteiger partial charge in [-0.1, -0.05) is 0 Å². The average Bonchev–Trinajstić information content (AvgIpc) is 3.09. The zero-order valence-electron chi connectivity index (χ0n) is 15.6. The van der Waals surface area contributed by atoms with E-state index < -0.39 is 0 Å². The average molecular weight is 351 g/mol. The monoisotopic (exact) mass is 351 g/mol. The van der Waals surface area contributed by atoms with Crippen molar-refractivity contribution in [1.82, 2.24) is 9.88 Å². The Labute approximate surface area is 154 Å². The van der Waals surface area contributed by atoms with Gasteiger partial charge in [0.25, 0.3) is 0 Å². The number of fused-ring (bicyclic) bond motifs is 1. The number of benzene rings is 1. The molecule has 0 spiro atoms. The van der Waals surface area contributed by atoms with E-state index >= 15 is 0 Å². The lowest BCUT2D eigenvalue weighted by Gasteiger charge is -2.30. The van der Waals surface area contributed by atoms with Crippen molar-refractivity contribution in [3.8, 4) is 17.2 Å². The summed E-state index contributed by atoms with van der Waals surface area (Å²) in [6.07, 6.45) is 2.28. The van der Waals surface area contributed by atoms with Gasteiger partial charge in [0.2, 0.25) is 0 Å². The summed E-state index contributed by atoms with van der Waals surface area (Å²) in [7, 11) is 3.87. The van der Waals surface area contributed by atoms with Crippen molar-refractivity contribution in [2.24, 2.45) is 0 Å². The van der Waals surface area contributed by atoms with Gasteiger partial charge < -0.3 is 19.4 Å². The van der Waals surface area contributed by atoms with Gasteiger partial charge in [0.15, 0.2) is 5.76 Å². The lowest BCUT2D eigenvalue weighted by molar-refractivity contribution is 0.264. The number of aromatic nitrogens is 1. The fourth-order valence-electron chi connectivity index (χ4n) is 3.52. The van der Waals surface area contributed by atoms with E-state index in [-0.39, 0.29) is 0 Å². The number of nitrogens with one attached hydrogen (secondary N) is 1. The SMILES string of the molecule is COc1ccc2nc(-c3ccc(C)o3)cc(NC3CCN(C)CC3)c2c1.